The number of hydrogen-bond donors (Lipinski definition) is 0. The molecule has 0 aliphatic carbocycles. The first-order chi connectivity index (χ1) is 16.0. The van der Waals surface area contributed by atoms with Crippen molar-refractivity contribution in [2.75, 3.05) is 26.8 Å². The molecule has 0 spiro atoms. The number of carbonyl (C=O) groups is 1. The van der Waals surface area contributed by atoms with Gasteiger partial charge in [0.15, 0.2) is 0 Å². The average Bonchev–Trinajstić information content (AvgIpc) is 3.25. The summed E-state index contributed by atoms with van der Waals surface area (Å²) in [5.74, 6) is 0.525. The van der Waals surface area contributed by atoms with Crippen LogP contribution in [0.5, 0.6) is 5.88 Å². The van der Waals surface area contributed by atoms with Crippen LogP contribution in [-0.4, -0.2) is 85.5 Å². The molecule has 1 fully saturated rings. The normalized spacial score (nSPS) is 15.1. The van der Waals surface area contributed by atoms with E-state index < -0.39 is 0 Å². The molecule has 3 heterocycles. The molecule has 0 saturated carbocycles. The number of amides is 1. The summed E-state index contributed by atoms with van der Waals surface area (Å²) < 4.78 is 19.9. The molecule has 176 valence electrons. The van der Waals surface area contributed by atoms with Gasteiger partial charge in [-0.3, -0.25) is 0 Å². The maximum atomic E-state index is 12.1. The second-order valence-electron chi connectivity index (χ2n) is 8.18. The topological polar surface area (TPSA) is 91.6 Å². The summed E-state index contributed by atoms with van der Waals surface area (Å²) in [5.41, 5.74) is 1.66. The van der Waals surface area contributed by atoms with Gasteiger partial charge in [-0.1, -0.05) is 0 Å². The molecule has 1 atom stereocenters. The fourth-order valence-corrected chi connectivity index (χ4v) is 5.81. The zero-order valence-corrected chi connectivity index (χ0v) is 21.3. The summed E-state index contributed by atoms with van der Waals surface area (Å²) in [6, 6.07) is 8.48. The molecule has 1 aliphatic rings. The van der Waals surface area contributed by atoms with Gasteiger partial charge >= 0.3 is 166 Å². The van der Waals surface area contributed by atoms with E-state index in [0.29, 0.717) is 24.6 Å². The van der Waals surface area contributed by atoms with Crippen molar-refractivity contribution in [3.63, 3.8) is 0 Å². The summed E-state index contributed by atoms with van der Waals surface area (Å²) in [6.07, 6.45) is 4.30. The van der Waals surface area contributed by atoms with Crippen molar-refractivity contribution in [3.05, 3.63) is 36.8 Å². The summed E-state index contributed by atoms with van der Waals surface area (Å²) in [4.78, 5) is 22.6. The summed E-state index contributed by atoms with van der Waals surface area (Å²) in [7, 11) is 1.74. The molecule has 0 N–H and O–H groups in total. The molecule has 1 amide bonds. The third-order valence-electron chi connectivity index (χ3n) is 5.39. The summed E-state index contributed by atoms with van der Waals surface area (Å²) in [5, 5.41) is 6.43. The van der Waals surface area contributed by atoms with Crippen LogP contribution in [0.2, 0.25) is 5.21 Å². The van der Waals surface area contributed by atoms with E-state index in [4.69, 9.17) is 14.2 Å². The van der Waals surface area contributed by atoms with E-state index >= 15 is 0 Å². The number of likely N-dealkylation sites (tertiary alicyclic amines) is 1. The Bertz CT molecular complexity index is 1060. The van der Waals surface area contributed by atoms with Crippen LogP contribution in [0, 0.1) is 0 Å². The monoisotopic (exact) mass is 515 g/mol. The van der Waals surface area contributed by atoms with E-state index in [2.05, 4.69) is 39.3 Å². The van der Waals surface area contributed by atoms with Crippen molar-refractivity contribution in [1.82, 2.24) is 24.6 Å². The van der Waals surface area contributed by atoms with E-state index in [9.17, 15) is 4.79 Å². The van der Waals surface area contributed by atoms with Gasteiger partial charge in [0.2, 0.25) is 0 Å². The van der Waals surface area contributed by atoms with E-state index in [1.54, 1.807) is 18.2 Å². The van der Waals surface area contributed by atoms with Crippen LogP contribution in [0.1, 0.15) is 26.7 Å². The zero-order valence-electron chi connectivity index (χ0n) is 19.2. The van der Waals surface area contributed by atoms with Gasteiger partial charge in [0.25, 0.3) is 0 Å². The Labute approximate surface area is 200 Å². The minimum atomic E-state index is -0.263. The van der Waals surface area contributed by atoms with Crippen LogP contribution in [0.3, 0.4) is 0 Å². The van der Waals surface area contributed by atoms with Crippen LogP contribution in [0.4, 0.5) is 4.79 Å². The Morgan fingerprint density at radius 1 is 1.18 bits per heavy atom. The van der Waals surface area contributed by atoms with E-state index in [0.717, 1.165) is 35.7 Å². The first kappa shape index (κ1) is 23.5. The first-order valence-electron chi connectivity index (χ1n) is 11.2. The number of methoxy groups -OCH3 is 1. The third kappa shape index (κ3) is 5.84. The second-order valence-corrected chi connectivity index (χ2v) is 11.2. The number of carbonyl (C=O) groups excluding carboxylic acids is 1. The molecular weight excluding hydrogens is 485 g/mol. The van der Waals surface area contributed by atoms with Crippen LogP contribution in [0.15, 0.2) is 36.8 Å². The van der Waals surface area contributed by atoms with Gasteiger partial charge < -0.3 is 9.64 Å². The molecular formula is C23H30AsN5O4. The molecule has 0 radical (unpaired) electrons. The Morgan fingerprint density at radius 3 is 2.64 bits per heavy atom. The second kappa shape index (κ2) is 11.0. The molecule has 1 unspecified atom stereocenters. The predicted octanol–water partition coefficient (Wildman–Crippen LogP) is 2.33. The van der Waals surface area contributed by atoms with Crippen molar-refractivity contribution in [2.24, 2.45) is 0 Å². The average molecular weight is 515 g/mol. The molecule has 9 nitrogen and oxygen atoms in total. The van der Waals surface area contributed by atoms with Crippen molar-refractivity contribution in [1.29, 1.82) is 0 Å². The van der Waals surface area contributed by atoms with Crippen molar-refractivity contribution in [2.45, 2.75) is 44.1 Å². The van der Waals surface area contributed by atoms with Crippen molar-refractivity contribution < 1.29 is 19.0 Å². The SMILES string of the molecule is COCC[AsH]c1ccc(-n2ncc3c(OC4CCN(C(=O)OC(C)C)CC4)ncnc32)cc1. The van der Waals surface area contributed by atoms with Gasteiger partial charge in [0.05, 0.1) is 6.10 Å². The first-order valence-corrected chi connectivity index (χ1v) is 13.7. The summed E-state index contributed by atoms with van der Waals surface area (Å²) in [6.45, 7) is 5.72. The summed E-state index contributed by atoms with van der Waals surface area (Å²) >= 11 is -0.187. The number of nitrogens with zero attached hydrogens (tertiary/aromatic N) is 5. The van der Waals surface area contributed by atoms with Crippen molar-refractivity contribution in [3.8, 4) is 11.6 Å². The van der Waals surface area contributed by atoms with Gasteiger partial charge in [0.1, 0.15) is 0 Å². The molecule has 10 heteroatoms. The zero-order chi connectivity index (χ0) is 23.2. The number of ether oxygens (including phenoxy) is 3. The maximum absolute atomic E-state index is 12.1. The van der Waals surface area contributed by atoms with Crippen LogP contribution < -0.4 is 9.09 Å². The molecule has 1 saturated heterocycles. The van der Waals surface area contributed by atoms with Gasteiger partial charge in [0, 0.05) is 0 Å². The quantitative estimate of drug-likeness (QED) is 0.336. The number of fused-ring (bicyclic) bond motifs is 1. The minimum absolute atomic E-state index is 0.0228. The third-order valence-corrected chi connectivity index (χ3v) is 7.90. The molecule has 4 rings (SSSR count). The Balaban J connectivity index is 1.42. The van der Waals surface area contributed by atoms with Crippen LogP contribution in [-0.2, 0) is 9.47 Å². The fourth-order valence-electron chi connectivity index (χ4n) is 3.71. The fraction of sp³-hybridized carbons (Fsp3) is 0.478. The van der Waals surface area contributed by atoms with Gasteiger partial charge in [-0.25, -0.2) is 4.79 Å². The number of piperidine rings is 1. The molecule has 2 aromatic heterocycles. The molecule has 33 heavy (non-hydrogen) atoms. The van der Waals surface area contributed by atoms with Crippen LogP contribution >= 0.6 is 0 Å². The van der Waals surface area contributed by atoms with Gasteiger partial charge in [-0.15, -0.1) is 0 Å². The number of aromatic nitrogens is 4. The number of rotatable bonds is 8. The Hall–Kier alpha value is -2.64. The van der Waals surface area contributed by atoms with Crippen molar-refractivity contribution >= 4 is 37.2 Å². The van der Waals surface area contributed by atoms with Gasteiger partial charge in [-0.05, 0) is 13.8 Å². The number of hydrogen-bond acceptors (Lipinski definition) is 7. The Kier molecular flexibility index (Phi) is 7.83. The van der Waals surface area contributed by atoms with E-state index in [1.165, 1.54) is 10.7 Å². The van der Waals surface area contributed by atoms with E-state index in [1.807, 2.05) is 18.5 Å². The van der Waals surface area contributed by atoms with Crippen LogP contribution in [0.25, 0.3) is 16.7 Å². The van der Waals surface area contributed by atoms with E-state index in [-0.39, 0.29) is 34.1 Å². The molecule has 1 aliphatic heterocycles. The molecule has 0 bridgehead atoms. The predicted molar refractivity (Wildman–Crippen MR) is 127 cm³/mol. The van der Waals surface area contributed by atoms with Gasteiger partial charge in [-0.2, -0.15) is 0 Å². The molecule has 1 aromatic carbocycles. The Morgan fingerprint density at radius 2 is 1.94 bits per heavy atom. The number of benzene rings is 1. The standard InChI is InChI=1S/C23H30AsN5O4/c1-16(2)32-23(30)28-11-8-19(9-12-28)33-22-20-14-27-29(21(20)25-15-26-22)18-6-4-17(5-7-18)24-10-13-31-3/h4-7,14-16,19,24H,8-13H2,1-3H3. The molecule has 3 aromatic rings.